The van der Waals surface area contributed by atoms with Crippen molar-refractivity contribution in [1.29, 1.82) is 0 Å². The lowest BCUT2D eigenvalue weighted by Gasteiger charge is -2.41. The molecule has 2 aliphatic rings. The van der Waals surface area contributed by atoms with Gasteiger partial charge in [-0.15, -0.1) is 0 Å². The van der Waals surface area contributed by atoms with Crippen LogP contribution in [-0.2, 0) is 19.1 Å². The van der Waals surface area contributed by atoms with E-state index in [1.165, 1.54) is 18.4 Å². The van der Waals surface area contributed by atoms with Gasteiger partial charge in [0.1, 0.15) is 18.7 Å². The Morgan fingerprint density at radius 1 is 1.08 bits per heavy atom. The van der Waals surface area contributed by atoms with Crippen molar-refractivity contribution in [2.24, 2.45) is 11.7 Å². The van der Waals surface area contributed by atoms with Crippen LogP contribution in [0.4, 0.5) is 5.69 Å². The number of carbonyl (C=O) groups is 4. The molecule has 1 heterocycles. The minimum absolute atomic E-state index is 0.0183. The van der Waals surface area contributed by atoms with E-state index in [2.05, 4.69) is 5.32 Å². The predicted molar refractivity (Wildman–Crippen MR) is 136 cm³/mol. The normalized spacial score (nSPS) is 19.5. The third kappa shape index (κ3) is 6.96. The van der Waals surface area contributed by atoms with Crippen molar-refractivity contribution in [2.45, 2.75) is 50.6 Å². The van der Waals surface area contributed by atoms with Crippen LogP contribution in [-0.4, -0.2) is 93.0 Å². The second kappa shape index (κ2) is 12.7. The Bertz CT molecular complexity index is 929. The summed E-state index contributed by atoms with van der Waals surface area (Å²) in [4.78, 5) is 56.5. The lowest BCUT2D eigenvalue weighted by atomic mass is 9.84. The van der Waals surface area contributed by atoms with Crippen molar-refractivity contribution in [3.05, 3.63) is 29.8 Å². The van der Waals surface area contributed by atoms with E-state index in [9.17, 15) is 19.2 Å². The van der Waals surface area contributed by atoms with Crippen molar-refractivity contribution in [2.75, 3.05) is 52.3 Å². The highest BCUT2D eigenvalue weighted by Gasteiger charge is 2.38. The second-order valence-electron chi connectivity index (χ2n) is 9.93. The van der Waals surface area contributed by atoms with Gasteiger partial charge in [-0.3, -0.25) is 19.2 Å². The zero-order valence-electron chi connectivity index (χ0n) is 21.6. The molecule has 1 aromatic carbocycles. The number of hydrogen-bond acceptors (Lipinski definition) is 6. The van der Waals surface area contributed by atoms with Gasteiger partial charge in [-0.2, -0.15) is 0 Å². The summed E-state index contributed by atoms with van der Waals surface area (Å²) in [6.07, 6.45) is 5.91. The largest absolute Gasteiger partial charge is 0.378 e. The molecule has 198 valence electrons. The molecule has 0 unspecified atom stereocenters. The molecular formula is C26H39N5O5. The van der Waals surface area contributed by atoms with Crippen LogP contribution < -0.4 is 16.0 Å². The van der Waals surface area contributed by atoms with Gasteiger partial charge in [-0.1, -0.05) is 32.1 Å². The first-order valence-corrected chi connectivity index (χ1v) is 12.7. The average molecular weight is 502 g/mol. The summed E-state index contributed by atoms with van der Waals surface area (Å²) in [6.45, 7) is 0.315. The summed E-state index contributed by atoms with van der Waals surface area (Å²) in [5.41, 5.74) is 7.11. The molecule has 2 fully saturated rings. The zero-order chi connectivity index (χ0) is 26.2. The zero-order valence-corrected chi connectivity index (χ0v) is 21.6. The number of nitrogens with two attached hydrogens (primary N) is 1. The average Bonchev–Trinajstić information content (AvgIpc) is 2.88. The van der Waals surface area contributed by atoms with E-state index in [0.717, 1.165) is 31.4 Å². The fourth-order valence-electron chi connectivity index (χ4n) is 5.05. The Kier molecular flexibility index (Phi) is 9.69. The molecule has 2 atom stereocenters. The summed E-state index contributed by atoms with van der Waals surface area (Å²) >= 11 is 0. The molecular weight excluding hydrogens is 462 g/mol. The van der Waals surface area contributed by atoms with E-state index in [1.807, 2.05) is 31.1 Å². The Labute approximate surface area is 213 Å². The van der Waals surface area contributed by atoms with Gasteiger partial charge in [0.15, 0.2) is 0 Å². The topological polar surface area (TPSA) is 125 Å². The van der Waals surface area contributed by atoms with Crippen LogP contribution in [0.5, 0.6) is 0 Å². The number of nitrogens with zero attached hydrogens (tertiary/aromatic N) is 3. The molecule has 1 aliphatic heterocycles. The highest BCUT2D eigenvalue weighted by molar-refractivity contribution is 5.96. The van der Waals surface area contributed by atoms with Crippen LogP contribution >= 0.6 is 0 Å². The fourth-order valence-corrected chi connectivity index (χ4v) is 5.05. The maximum Gasteiger partial charge on any atom is 0.254 e. The number of primary amides is 1. The first-order chi connectivity index (χ1) is 17.2. The fraction of sp³-hybridized carbons (Fsp3) is 0.615. The number of amides is 4. The first kappa shape index (κ1) is 27.4. The van der Waals surface area contributed by atoms with Gasteiger partial charge < -0.3 is 30.5 Å². The van der Waals surface area contributed by atoms with Gasteiger partial charge in [0.05, 0.1) is 6.54 Å². The molecule has 1 saturated carbocycles. The number of methoxy groups -OCH3 is 1. The molecule has 3 N–H and O–H groups in total. The molecule has 0 aromatic heterocycles. The first-order valence-electron chi connectivity index (χ1n) is 12.7. The number of anilines is 1. The van der Waals surface area contributed by atoms with Gasteiger partial charge in [0, 0.05) is 45.5 Å². The highest BCUT2D eigenvalue weighted by Crippen LogP contribution is 2.27. The van der Waals surface area contributed by atoms with Crippen LogP contribution in [0.1, 0.15) is 48.9 Å². The van der Waals surface area contributed by atoms with Crippen molar-refractivity contribution >= 4 is 29.3 Å². The Balaban J connectivity index is 1.75. The van der Waals surface area contributed by atoms with Gasteiger partial charge in [0.2, 0.25) is 17.7 Å². The van der Waals surface area contributed by atoms with E-state index in [0.29, 0.717) is 17.9 Å². The summed E-state index contributed by atoms with van der Waals surface area (Å²) in [5, 5.41) is 2.79. The lowest BCUT2D eigenvalue weighted by molar-refractivity contribution is -0.146. The van der Waals surface area contributed by atoms with Crippen molar-refractivity contribution in [3.8, 4) is 0 Å². The van der Waals surface area contributed by atoms with Crippen molar-refractivity contribution in [3.63, 3.8) is 0 Å². The molecule has 10 heteroatoms. The van der Waals surface area contributed by atoms with E-state index in [-0.39, 0.29) is 38.1 Å². The molecule has 0 radical (unpaired) electrons. The van der Waals surface area contributed by atoms with Crippen LogP contribution in [0.25, 0.3) is 0 Å². The summed E-state index contributed by atoms with van der Waals surface area (Å²) in [6, 6.07) is 5.46. The predicted octanol–water partition coefficient (Wildman–Crippen LogP) is 0.993. The molecule has 3 rings (SSSR count). The number of ether oxygens (including phenoxy) is 1. The van der Waals surface area contributed by atoms with Crippen LogP contribution in [0.2, 0.25) is 0 Å². The molecule has 1 aliphatic carbocycles. The second-order valence-corrected chi connectivity index (χ2v) is 9.93. The smallest absolute Gasteiger partial charge is 0.254 e. The maximum absolute atomic E-state index is 13.4. The van der Waals surface area contributed by atoms with Gasteiger partial charge in [-0.05, 0) is 36.6 Å². The maximum atomic E-state index is 13.4. The molecule has 10 nitrogen and oxygen atoms in total. The number of rotatable bonds is 9. The SMILES string of the molecule is COCC(=O)N1CCN(C(=O)c2ccc(N(C)C)cc2)C[C@H]1C(=O)N[C@@H](CC1CCCCC1)C(N)=O. The molecule has 1 aromatic rings. The molecule has 0 spiro atoms. The van der Waals surface area contributed by atoms with E-state index in [1.54, 1.807) is 17.0 Å². The number of nitrogens with one attached hydrogen (secondary N) is 1. The van der Waals surface area contributed by atoms with E-state index < -0.39 is 23.9 Å². The Morgan fingerprint density at radius 3 is 2.33 bits per heavy atom. The van der Waals surface area contributed by atoms with Crippen molar-refractivity contribution in [1.82, 2.24) is 15.1 Å². The number of carbonyl (C=O) groups excluding carboxylic acids is 4. The van der Waals surface area contributed by atoms with Gasteiger partial charge in [-0.25, -0.2) is 0 Å². The summed E-state index contributed by atoms with van der Waals surface area (Å²) in [7, 11) is 5.26. The Hall–Kier alpha value is -3.14. The highest BCUT2D eigenvalue weighted by atomic mass is 16.5. The summed E-state index contributed by atoms with van der Waals surface area (Å²) in [5.74, 6) is -1.31. The molecule has 0 bridgehead atoms. The standard InChI is InChI=1S/C26H39N5O5/c1-29(2)20-11-9-19(10-12-20)26(35)30-13-14-31(23(32)17-36-3)22(16-30)25(34)28-21(24(27)33)15-18-7-5-4-6-8-18/h9-12,18,21-22H,4-8,13-17H2,1-3H3,(H2,27,33)(H,28,34)/t21-,22-/m0/s1. The van der Waals surface area contributed by atoms with E-state index in [4.69, 9.17) is 10.5 Å². The van der Waals surface area contributed by atoms with Gasteiger partial charge in [0.25, 0.3) is 5.91 Å². The number of hydrogen-bond donors (Lipinski definition) is 2. The monoisotopic (exact) mass is 501 g/mol. The molecule has 1 saturated heterocycles. The van der Waals surface area contributed by atoms with Crippen LogP contribution in [0.15, 0.2) is 24.3 Å². The molecule has 4 amide bonds. The third-order valence-corrected chi connectivity index (χ3v) is 7.14. The number of piperazine rings is 1. The quantitative estimate of drug-likeness (QED) is 0.520. The lowest BCUT2D eigenvalue weighted by Crippen LogP contribution is -2.63. The summed E-state index contributed by atoms with van der Waals surface area (Å²) < 4.78 is 5.00. The minimum atomic E-state index is -0.945. The van der Waals surface area contributed by atoms with Crippen LogP contribution in [0, 0.1) is 5.92 Å². The minimum Gasteiger partial charge on any atom is -0.378 e. The third-order valence-electron chi connectivity index (χ3n) is 7.14. The number of benzene rings is 1. The Morgan fingerprint density at radius 2 is 1.75 bits per heavy atom. The van der Waals surface area contributed by atoms with Crippen molar-refractivity contribution < 1.29 is 23.9 Å². The molecule has 36 heavy (non-hydrogen) atoms. The van der Waals surface area contributed by atoms with Gasteiger partial charge >= 0.3 is 0 Å². The van der Waals surface area contributed by atoms with E-state index >= 15 is 0 Å². The van der Waals surface area contributed by atoms with Crippen LogP contribution in [0.3, 0.4) is 0 Å².